The van der Waals surface area contributed by atoms with Crippen molar-refractivity contribution in [3.63, 3.8) is 0 Å². The first-order chi connectivity index (χ1) is 6.54. The molecule has 0 unspecified atom stereocenters. The molecule has 1 rings (SSSR count). The molecule has 0 aliphatic carbocycles. The minimum Gasteiger partial charge on any atom is -0.724 e. The fourth-order valence-corrected chi connectivity index (χ4v) is 1.21. The lowest BCUT2D eigenvalue weighted by molar-refractivity contribution is 0.569. The zero-order chi connectivity index (χ0) is 11.1. The second-order valence-electron chi connectivity index (χ2n) is 3.12. The van der Waals surface area contributed by atoms with Crippen molar-refractivity contribution >= 4 is 11.7 Å². The number of nitrogens with zero attached hydrogens (tertiary/aromatic N) is 1. The summed E-state index contributed by atoms with van der Waals surface area (Å²) in [5.74, 6) is 0. The summed E-state index contributed by atoms with van der Waals surface area (Å²) < 4.78 is 0. The van der Waals surface area contributed by atoms with Gasteiger partial charge >= 0.3 is 0 Å². The van der Waals surface area contributed by atoms with Crippen LogP contribution in [-0.2, 0) is 4.79 Å². The van der Waals surface area contributed by atoms with E-state index in [0.717, 1.165) is 5.57 Å². The molecule has 1 aromatic rings. The van der Waals surface area contributed by atoms with Crippen molar-refractivity contribution in [3.05, 3.63) is 46.9 Å². The van der Waals surface area contributed by atoms with Gasteiger partial charge in [-0.15, -0.1) is 0 Å². The molecule has 0 fully saturated rings. The SMILES string of the molecule is C=C(C)c1cccc(C)c1C.[N-]=C=O. The molecule has 2 heteroatoms. The van der Waals surface area contributed by atoms with Crippen molar-refractivity contribution in [1.82, 2.24) is 0 Å². The quantitative estimate of drug-likeness (QED) is 0.492. The summed E-state index contributed by atoms with van der Waals surface area (Å²) in [4.78, 5) is 8.24. The third-order valence-corrected chi connectivity index (χ3v) is 2.06. The number of allylic oxidation sites excluding steroid dienone is 1. The average molecular weight is 188 g/mol. The van der Waals surface area contributed by atoms with Gasteiger partial charge < -0.3 is 5.41 Å². The average Bonchev–Trinajstić information content (AvgIpc) is 2.10. The fraction of sp³-hybridized carbons (Fsp3) is 0.250. The number of hydrogen-bond acceptors (Lipinski definition) is 1. The Labute approximate surface area is 84.8 Å². The lowest BCUT2D eigenvalue weighted by Gasteiger charge is -2.06. The Morgan fingerprint density at radius 3 is 2.29 bits per heavy atom. The van der Waals surface area contributed by atoms with E-state index in [2.05, 4.69) is 38.6 Å². The molecule has 0 amide bonds. The van der Waals surface area contributed by atoms with E-state index in [1.165, 1.54) is 16.7 Å². The van der Waals surface area contributed by atoms with E-state index in [9.17, 15) is 0 Å². The molecule has 0 N–H and O–H groups in total. The first-order valence-electron chi connectivity index (χ1n) is 4.28. The van der Waals surface area contributed by atoms with Crippen LogP contribution in [0.25, 0.3) is 11.0 Å². The molecule has 0 radical (unpaired) electrons. The van der Waals surface area contributed by atoms with Crippen LogP contribution in [0.1, 0.15) is 23.6 Å². The first kappa shape index (κ1) is 12.3. The molecule has 0 aliphatic heterocycles. The molecule has 1 aromatic carbocycles. The number of benzene rings is 1. The highest BCUT2D eigenvalue weighted by Gasteiger charge is 1.99. The van der Waals surface area contributed by atoms with Crippen molar-refractivity contribution in [2.75, 3.05) is 0 Å². The zero-order valence-corrected chi connectivity index (χ0v) is 8.79. The van der Waals surface area contributed by atoms with E-state index in [1.54, 1.807) is 0 Å². The molecule has 0 aliphatic rings. The number of aryl methyl sites for hydroxylation is 1. The molecule has 0 aromatic heterocycles. The normalized spacial score (nSPS) is 8.21. The maximum Gasteiger partial charge on any atom is -0.0159 e. The molecular formula is C12H14NO-. The van der Waals surface area contributed by atoms with Gasteiger partial charge in [-0.2, -0.15) is 0 Å². The summed E-state index contributed by atoms with van der Waals surface area (Å²) in [6.07, 6.45) is 0.500. The fourth-order valence-electron chi connectivity index (χ4n) is 1.21. The molecule has 0 atom stereocenters. The smallest absolute Gasteiger partial charge is 0.0159 e. The lowest BCUT2D eigenvalue weighted by Crippen LogP contribution is -1.87. The minimum atomic E-state index is 0.500. The van der Waals surface area contributed by atoms with Gasteiger partial charge in [0.05, 0.1) is 0 Å². The van der Waals surface area contributed by atoms with Gasteiger partial charge in [-0.25, -0.2) is 0 Å². The maximum absolute atomic E-state index is 8.24. The van der Waals surface area contributed by atoms with Crippen LogP contribution in [0.15, 0.2) is 24.8 Å². The first-order valence-corrected chi connectivity index (χ1v) is 4.28. The number of carbonyl (C=O) groups excluding carboxylic acids is 1. The number of isocyanates is 1. The van der Waals surface area contributed by atoms with E-state index < -0.39 is 0 Å². The van der Waals surface area contributed by atoms with Crippen molar-refractivity contribution in [3.8, 4) is 0 Å². The van der Waals surface area contributed by atoms with E-state index in [0.29, 0.717) is 6.08 Å². The second kappa shape index (κ2) is 5.90. The van der Waals surface area contributed by atoms with Gasteiger partial charge in [0.2, 0.25) is 0 Å². The standard InChI is InChI=1S/C11H14.CNO/c1-8(2)11-7-5-6-9(3)10(11)4;2-1-3/h5-7H,1H2,2-4H3;/q;-1. The summed E-state index contributed by atoms with van der Waals surface area (Å²) in [6.45, 7) is 10.2. The summed E-state index contributed by atoms with van der Waals surface area (Å²) in [6, 6.07) is 6.32. The van der Waals surface area contributed by atoms with Crippen LogP contribution in [0.2, 0.25) is 0 Å². The van der Waals surface area contributed by atoms with Gasteiger partial charge in [0.25, 0.3) is 0 Å². The third-order valence-electron chi connectivity index (χ3n) is 2.06. The monoisotopic (exact) mass is 188 g/mol. The Hall–Kier alpha value is -1.66. The molecule has 74 valence electrons. The minimum absolute atomic E-state index is 0.500. The lowest BCUT2D eigenvalue weighted by atomic mass is 9.99. The van der Waals surface area contributed by atoms with Crippen molar-refractivity contribution in [1.29, 1.82) is 0 Å². The van der Waals surface area contributed by atoms with Crippen LogP contribution in [0, 0.1) is 13.8 Å². The van der Waals surface area contributed by atoms with E-state index in [4.69, 9.17) is 10.2 Å². The van der Waals surface area contributed by atoms with Crippen LogP contribution < -0.4 is 0 Å². The number of rotatable bonds is 1. The molecule has 14 heavy (non-hydrogen) atoms. The molecule has 0 saturated heterocycles. The molecule has 0 spiro atoms. The largest absolute Gasteiger partial charge is 0.724 e. The van der Waals surface area contributed by atoms with Gasteiger partial charge in [0.1, 0.15) is 0 Å². The maximum atomic E-state index is 8.24. The Kier molecular flexibility index (Phi) is 5.20. The molecule has 0 saturated carbocycles. The van der Waals surface area contributed by atoms with Gasteiger partial charge in [-0.3, -0.25) is 4.79 Å². The van der Waals surface area contributed by atoms with Crippen molar-refractivity contribution in [2.24, 2.45) is 0 Å². The Morgan fingerprint density at radius 1 is 1.43 bits per heavy atom. The summed E-state index contributed by atoms with van der Waals surface area (Å²) in [5, 5.41) is 6.76. The van der Waals surface area contributed by atoms with Crippen LogP contribution in [0.5, 0.6) is 0 Å². The molecular weight excluding hydrogens is 174 g/mol. The van der Waals surface area contributed by atoms with Crippen molar-refractivity contribution < 1.29 is 4.79 Å². The Morgan fingerprint density at radius 2 is 1.93 bits per heavy atom. The topological polar surface area (TPSA) is 39.4 Å². The molecule has 0 heterocycles. The molecule has 2 nitrogen and oxygen atoms in total. The van der Waals surface area contributed by atoms with Crippen LogP contribution in [-0.4, -0.2) is 6.08 Å². The van der Waals surface area contributed by atoms with Gasteiger partial charge in [-0.1, -0.05) is 30.4 Å². The molecule has 0 bridgehead atoms. The Bertz CT molecular complexity index is 361. The highest BCUT2D eigenvalue weighted by molar-refractivity contribution is 5.65. The predicted octanol–water partition coefficient (Wildman–Crippen LogP) is 3.23. The zero-order valence-electron chi connectivity index (χ0n) is 8.79. The Balaban J connectivity index is 0.000000500. The van der Waals surface area contributed by atoms with Crippen LogP contribution >= 0.6 is 0 Å². The third kappa shape index (κ3) is 3.38. The van der Waals surface area contributed by atoms with Gasteiger partial charge in [0.15, 0.2) is 0 Å². The summed E-state index contributed by atoms with van der Waals surface area (Å²) in [5.41, 5.74) is 5.11. The van der Waals surface area contributed by atoms with Gasteiger partial charge in [0, 0.05) is 0 Å². The van der Waals surface area contributed by atoms with Gasteiger partial charge in [-0.05, 0) is 43.5 Å². The van der Waals surface area contributed by atoms with E-state index in [1.807, 2.05) is 6.92 Å². The second-order valence-corrected chi connectivity index (χ2v) is 3.12. The van der Waals surface area contributed by atoms with E-state index >= 15 is 0 Å². The van der Waals surface area contributed by atoms with E-state index in [-0.39, 0.29) is 0 Å². The highest BCUT2D eigenvalue weighted by Crippen LogP contribution is 2.18. The summed E-state index contributed by atoms with van der Waals surface area (Å²) >= 11 is 0. The van der Waals surface area contributed by atoms with Crippen LogP contribution in [0.4, 0.5) is 0 Å². The predicted molar refractivity (Wildman–Crippen MR) is 59.7 cm³/mol. The summed E-state index contributed by atoms with van der Waals surface area (Å²) in [7, 11) is 0. The number of hydrogen-bond donors (Lipinski definition) is 0. The highest BCUT2D eigenvalue weighted by atomic mass is 16.1. The van der Waals surface area contributed by atoms with Crippen LogP contribution in [0.3, 0.4) is 0 Å². The van der Waals surface area contributed by atoms with Crippen molar-refractivity contribution in [2.45, 2.75) is 20.8 Å².